The quantitative estimate of drug-likeness (QED) is 0.222. The average Bonchev–Trinajstić information content (AvgIpc) is 4.06. The number of aromatic nitrogens is 1. The number of hydrogen-bond acceptors (Lipinski definition) is 12. The van der Waals surface area contributed by atoms with Crippen molar-refractivity contribution in [2.45, 2.75) is 132 Å². The number of alkyl carbamates (subject to hydrolysis) is 1. The summed E-state index contributed by atoms with van der Waals surface area (Å²) in [5, 5.41) is 5.19. The van der Waals surface area contributed by atoms with Gasteiger partial charge in [0, 0.05) is 29.9 Å². The molecule has 2 aliphatic carbocycles. The van der Waals surface area contributed by atoms with Crippen molar-refractivity contribution in [3.8, 4) is 17.4 Å². The van der Waals surface area contributed by atoms with Crippen LogP contribution >= 0.6 is 0 Å². The predicted molar refractivity (Wildman–Crippen MR) is 210 cm³/mol. The van der Waals surface area contributed by atoms with Gasteiger partial charge in [0.05, 0.1) is 43.2 Å². The van der Waals surface area contributed by atoms with Crippen LogP contribution in [-0.4, -0.2) is 115 Å². The second-order valence-corrected chi connectivity index (χ2v) is 18.9. The number of halogens is 4. The standard InChI is InChI=1S/C40H51F4N5O11S/c1-8-28-32(46-36(53)60-37(3,4)40(42,43)44)34(51)49-20-23(59-29-18-31(57-7)45-26-17-30(56-6)25(41)16-24(26)29)15-27(49)33(50)47-39(19-22(39)12-10-9-11-21(2)58-28)35(52)48-61(54,55)38(5)13-14-38/h10,12,16-18,21-23,27-28,32H,8-9,11,13-15,19-20H2,1-7H3,(H,46,53)(H,47,50)(H,48,52)/b12-10-/t21-,22-,23-,27+,28+,32+,39-/m1/s1. The molecule has 336 valence electrons. The number of ether oxygens (including phenoxy) is 5. The van der Waals surface area contributed by atoms with Gasteiger partial charge in [0.2, 0.25) is 33.3 Å². The first-order chi connectivity index (χ1) is 28.5. The summed E-state index contributed by atoms with van der Waals surface area (Å²) >= 11 is 0. The molecule has 7 atom stereocenters. The first-order valence-corrected chi connectivity index (χ1v) is 21.4. The predicted octanol–water partition coefficient (Wildman–Crippen LogP) is 4.58. The van der Waals surface area contributed by atoms with Crippen molar-refractivity contribution in [3.05, 3.63) is 36.2 Å². The van der Waals surface area contributed by atoms with Gasteiger partial charge in [-0.3, -0.25) is 19.1 Å². The monoisotopic (exact) mass is 885 g/mol. The van der Waals surface area contributed by atoms with Gasteiger partial charge in [-0.05, 0) is 72.3 Å². The highest BCUT2D eigenvalue weighted by Crippen LogP contribution is 2.48. The minimum absolute atomic E-state index is 0.0285. The Balaban J connectivity index is 1.40. The van der Waals surface area contributed by atoms with E-state index in [0.717, 1.165) is 11.0 Å². The van der Waals surface area contributed by atoms with Gasteiger partial charge < -0.3 is 39.2 Å². The number of nitrogens with one attached hydrogen (secondary N) is 3. The van der Waals surface area contributed by atoms with Crippen LogP contribution in [0.25, 0.3) is 10.9 Å². The lowest BCUT2D eigenvalue weighted by Crippen LogP contribution is -2.61. The Kier molecular flexibility index (Phi) is 12.5. The van der Waals surface area contributed by atoms with Crippen LogP contribution in [0.1, 0.15) is 79.6 Å². The number of nitrogens with zero attached hydrogens (tertiary/aromatic N) is 2. The summed E-state index contributed by atoms with van der Waals surface area (Å²) in [7, 11) is -1.52. The maximum Gasteiger partial charge on any atom is 0.427 e. The van der Waals surface area contributed by atoms with Crippen LogP contribution in [0.3, 0.4) is 0 Å². The minimum atomic E-state index is -4.98. The number of benzene rings is 1. The molecule has 3 N–H and O–H groups in total. The first-order valence-electron chi connectivity index (χ1n) is 19.9. The lowest BCUT2D eigenvalue weighted by atomic mass is 10.0. The lowest BCUT2D eigenvalue weighted by Gasteiger charge is -2.35. The summed E-state index contributed by atoms with van der Waals surface area (Å²) < 4.78 is 112. The maximum absolute atomic E-state index is 15.0. The van der Waals surface area contributed by atoms with Gasteiger partial charge in [0.25, 0.3) is 5.91 Å². The smallest absolute Gasteiger partial charge is 0.427 e. The van der Waals surface area contributed by atoms with Gasteiger partial charge in [0.15, 0.2) is 11.6 Å². The van der Waals surface area contributed by atoms with Crippen LogP contribution in [0.2, 0.25) is 0 Å². The summed E-state index contributed by atoms with van der Waals surface area (Å²) in [6.45, 7) is 5.77. The molecule has 2 saturated carbocycles. The highest BCUT2D eigenvalue weighted by atomic mass is 32.2. The van der Waals surface area contributed by atoms with Gasteiger partial charge in [-0.2, -0.15) is 13.2 Å². The van der Waals surface area contributed by atoms with E-state index in [4.69, 9.17) is 23.7 Å². The van der Waals surface area contributed by atoms with Gasteiger partial charge in [-0.15, -0.1) is 0 Å². The Bertz CT molecular complexity index is 2200. The second kappa shape index (κ2) is 16.7. The van der Waals surface area contributed by atoms with Gasteiger partial charge in [0.1, 0.15) is 29.5 Å². The number of alkyl halides is 3. The molecular weight excluding hydrogens is 835 g/mol. The molecule has 6 rings (SSSR count). The molecule has 2 aliphatic heterocycles. The number of fused-ring (bicyclic) bond motifs is 3. The fraction of sp³-hybridized carbons (Fsp3) is 0.625. The molecule has 2 aromatic rings. The Labute approximate surface area is 350 Å². The van der Waals surface area contributed by atoms with E-state index in [9.17, 15) is 40.8 Å². The van der Waals surface area contributed by atoms with Crippen LogP contribution in [0, 0.1) is 11.7 Å². The van der Waals surface area contributed by atoms with Crippen molar-refractivity contribution in [2.24, 2.45) is 5.92 Å². The minimum Gasteiger partial charge on any atom is -0.494 e. The molecule has 0 bridgehead atoms. The molecule has 3 fully saturated rings. The van der Waals surface area contributed by atoms with E-state index in [1.807, 2.05) is 0 Å². The van der Waals surface area contributed by atoms with Crippen molar-refractivity contribution < 1.29 is 68.8 Å². The van der Waals surface area contributed by atoms with E-state index in [0.29, 0.717) is 39.5 Å². The first kappa shape index (κ1) is 45.6. The van der Waals surface area contributed by atoms with Crippen LogP contribution in [0.5, 0.6) is 17.4 Å². The van der Waals surface area contributed by atoms with E-state index in [1.165, 1.54) is 33.3 Å². The molecule has 16 nitrogen and oxygen atoms in total. The van der Waals surface area contributed by atoms with Crippen LogP contribution in [0.15, 0.2) is 30.4 Å². The molecule has 1 aromatic carbocycles. The third-order valence-corrected chi connectivity index (χ3v) is 14.0. The molecule has 4 amide bonds. The maximum atomic E-state index is 15.0. The van der Waals surface area contributed by atoms with Crippen molar-refractivity contribution >= 4 is 44.7 Å². The zero-order valence-electron chi connectivity index (χ0n) is 34.8. The molecule has 3 heterocycles. The van der Waals surface area contributed by atoms with Gasteiger partial charge in [-0.25, -0.2) is 22.6 Å². The summed E-state index contributed by atoms with van der Waals surface area (Å²) in [6, 6.07) is 0.644. The summed E-state index contributed by atoms with van der Waals surface area (Å²) in [4.78, 5) is 62.0. The molecule has 1 saturated heterocycles. The number of rotatable bonds is 10. The van der Waals surface area contributed by atoms with E-state index in [1.54, 1.807) is 26.0 Å². The Morgan fingerprint density at radius 1 is 1.10 bits per heavy atom. The molecule has 1 aromatic heterocycles. The third-order valence-electron chi connectivity index (χ3n) is 11.8. The van der Waals surface area contributed by atoms with E-state index < -0.39 is 98.0 Å². The zero-order valence-corrected chi connectivity index (χ0v) is 35.6. The molecule has 4 aliphatic rings. The van der Waals surface area contributed by atoms with E-state index in [-0.39, 0.29) is 54.1 Å². The average molecular weight is 886 g/mol. The molecule has 61 heavy (non-hydrogen) atoms. The highest BCUT2D eigenvalue weighted by molar-refractivity contribution is 7.91. The third kappa shape index (κ3) is 9.31. The Morgan fingerprint density at radius 3 is 2.43 bits per heavy atom. The number of pyridine rings is 1. The largest absolute Gasteiger partial charge is 0.494 e. The molecule has 0 unspecified atom stereocenters. The van der Waals surface area contributed by atoms with Crippen LogP contribution < -0.4 is 29.6 Å². The van der Waals surface area contributed by atoms with Crippen molar-refractivity contribution in [1.29, 1.82) is 0 Å². The number of methoxy groups -OCH3 is 2. The Morgan fingerprint density at radius 2 is 1.80 bits per heavy atom. The number of sulfonamides is 1. The Hall–Kier alpha value is -4.92. The number of allylic oxidation sites excluding steroid dienone is 1. The fourth-order valence-corrected chi connectivity index (χ4v) is 8.77. The van der Waals surface area contributed by atoms with Crippen molar-refractivity contribution in [2.75, 3.05) is 20.8 Å². The molecule has 0 radical (unpaired) electrons. The van der Waals surface area contributed by atoms with E-state index >= 15 is 4.39 Å². The number of carbonyl (C=O) groups excluding carboxylic acids is 4. The number of hydrogen-bond donors (Lipinski definition) is 3. The molecule has 21 heteroatoms. The lowest BCUT2D eigenvalue weighted by molar-refractivity contribution is -0.244. The van der Waals surface area contributed by atoms with Crippen LogP contribution in [-0.2, 0) is 33.9 Å². The summed E-state index contributed by atoms with van der Waals surface area (Å²) in [5.41, 5.74) is -4.48. The normalized spacial score (nSPS) is 28.5. The number of amides is 4. The topological polar surface area (TPSA) is 201 Å². The molecular formula is C40H51F4N5O11S. The van der Waals surface area contributed by atoms with Crippen molar-refractivity contribution in [1.82, 2.24) is 25.2 Å². The SMILES string of the molecule is CC[C@@H]1O[C@H](C)CC/C=C\[C@@H]2C[C@@]2(C(=O)NS(=O)(=O)C2(C)CC2)NC(=O)[C@@H]2C[C@@H](Oc3cc(OC)nc4cc(OC)c(F)cc34)CN2C(=O)[C@H]1NC(=O)OC(C)(C)C(F)(F)F. The summed E-state index contributed by atoms with van der Waals surface area (Å²) in [5.74, 6) is -4.18. The van der Waals surface area contributed by atoms with Crippen LogP contribution in [0.4, 0.5) is 22.4 Å². The van der Waals surface area contributed by atoms with Gasteiger partial charge >= 0.3 is 12.3 Å². The highest BCUT2D eigenvalue weighted by Gasteiger charge is 2.63. The zero-order chi connectivity index (χ0) is 44.9. The second-order valence-electron chi connectivity index (χ2n) is 16.7. The van der Waals surface area contributed by atoms with Gasteiger partial charge in [-0.1, -0.05) is 19.1 Å². The molecule has 0 spiro atoms. The number of carbonyl (C=O) groups is 4. The fourth-order valence-electron chi connectivity index (χ4n) is 7.46. The summed E-state index contributed by atoms with van der Waals surface area (Å²) in [6.07, 6.45) is -4.59. The van der Waals surface area contributed by atoms with Crippen molar-refractivity contribution in [3.63, 3.8) is 0 Å². The van der Waals surface area contributed by atoms with E-state index in [2.05, 4.69) is 20.3 Å².